The number of nitrogen functional groups attached to an aromatic ring is 1. The molecule has 8 rings (SSSR count). The molecule has 4 aromatic heterocycles. The Morgan fingerprint density at radius 2 is 1.76 bits per heavy atom. The number of hydrogen-bond donors (Lipinski definition) is 2. The summed E-state index contributed by atoms with van der Waals surface area (Å²) in [5, 5.41) is 11.5. The van der Waals surface area contributed by atoms with Crippen molar-refractivity contribution in [2.45, 2.75) is 62.4 Å². The Balaban J connectivity index is 1.08. The molecular weight excluding hydrogens is 570 g/mol. The predicted molar refractivity (Wildman–Crippen MR) is 167 cm³/mol. The second kappa shape index (κ2) is 11.3. The van der Waals surface area contributed by atoms with Crippen LogP contribution in [0.1, 0.15) is 72.2 Å². The van der Waals surface area contributed by atoms with E-state index in [0.717, 1.165) is 77.8 Å². The standard InChI is InChI=1S/C33H35N9O3/c1-44-13-14-45-33-38-30(39-40-33)32(43)41-23-10-11-24(41)16-22(15-23)28-27(20-7-8-20)29(34)42-31(37-28)25(18-36-42)21-9-12-26(35-17-21)19-5-3-2-4-6-19/h2-6,9,12,17-18,20,22-24H,7-8,10-11,13-16,34H2,1H3,(H,38,39,40)/t23-,24-/m1/s1. The first kappa shape index (κ1) is 27.7. The molecule has 230 valence electrons. The lowest BCUT2D eigenvalue weighted by atomic mass is 9.85. The van der Waals surface area contributed by atoms with E-state index in [2.05, 4.69) is 38.5 Å². The van der Waals surface area contributed by atoms with E-state index in [4.69, 9.17) is 25.2 Å². The molecule has 12 nitrogen and oxygen atoms in total. The highest BCUT2D eigenvalue weighted by Crippen LogP contribution is 2.50. The molecule has 1 aromatic carbocycles. The first-order valence-corrected chi connectivity index (χ1v) is 15.6. The van der Waals surface area contributed by atoms with E-state index >= 15 is 0 Å². The van der Waals surface area contributed by atoms with Gasteiger partial charge in [0.25, 0.3) is 5.91 Å². The zero-order valence-corrected chi connectivity index (χ0v) is 25.1. The topological polar surface area (TPSA) is 149 Å². The van der Waals surface area contributed by atoms with Gasteiger partial charge in [-0.1, -0.05) is 36.4 Å². The normalized spacial score (nSPS) is 21.0. The second-order valence-corrected chi connectivity index (χ2v) is 12.2. The average molecular weight is 606 g/mol. The van der Waals surface area contributed by atoms with Gasteiger partial charge in [0, 0.05) is 53.6 Å². The largest absolute Gasteiger partial charge is 0.460 e. The average Bonchev–Trinajstić information content (AvgIpc) is 3.52. The summed E-state index contributed by atoms with van der Waals surface area (Å²) in [7, 11) is 1.60. The Kier molecular flexibility index (Phi) is 6.93. The van der Waals surface area contributed by atoms with Gasteiger partial charge in [-0.15, -0.1) is 5.10 Å². The lowest BCUT2D eigenvalue weighted by Crippen LogP contribution is -2.46. The van der Waals surface area contributed by atoms with Gasteiger partial charge in [-0.2, -0.15) is 14.6 Å². The highest BCUT2D eigenvalue weighted by atomic mass is 16.5. The number of anilines is 1. The molecular formula is C33H35N9O3. The molecule has 45 heavy (non-hydrogen) atoms. The van der Waals surface area contributed by atoms with Gasteiger partial charge in [-0.05, 0) is 50.5 Å². The van der Waals surface area contributed by atoms with Crippen molar-refractivity contribution >= 4 is 17.4 Å². The lowest BCUT2D eigenvalue weighted by molar-refractivity contribution is 0.0556. The summed E-state index contributed by atoms with van der Waals surface area (Å²) < 4.78 is 12.3. The van der Waals surface area contributed by atoms with Gasteiger partial charge in [0.2, 0.25) is 5.82 Å². The maximum absolute atomic E-state index is 13.6. The number of amides is 1. The number of fused-ring (bicyclic) bond motifs is 3. The molecule has 1 aliphatic carbocycles. The summed E-state index contributed by atoms with van der Waals surface area (Å²) in [4.78, 5) is 30.0. The molecule has 2 bridgehead atoms. The molecule has 0 unspecified atom stereocenters. The number of aromatic amines is 1. The van der Waals surface area contributed by atoms with Gasteiger partial charge >= 0.3 is 6.01 Å². The second-order valence-electron chi connectivity index (χ2n) is 12.2. The van der Waals surface area contributed by atoms with Crippen molar-refractivity contribution in [1.82, 2.24) is 39.7 Å². The Labute approximate surface area is 260 Å². The van der Waals surface area contributed by atoms with Crippen LogP contribution in [0.2, 0.25) is 0 Å². The molecule has 3 aliphatic rings. The van der Waals surface area contributed by atoms with E-state index in [0.29, 0.717) is 24.9 Å². The van der Waals surface area contributed by atoms with E-state index in [1.165, 1.54) is 0 Å². The number of H-pyrrole nitrogens is 1. The Morgan fingerprint density at radius 1 is 0.956 bits per heavy atom. The van der Waals surface area contributed by atoms with Gasteiger partial charge in [0.1, 0.15) is 12.4 Å². The fourth-order valence-electron chi connectivity index (χ4n) is 7.16. The van der Waals surface area contributed by atoms with Crippen LogP contribution in [0.4, 0.5) is 5.82 Å². The number of carbonyl (C=O) groups excluding carboxylic acids is 1. The van der Waals surface area contributed by atoms with Gasteiger partial charge in [-0.25, -0.2) is 4.98 Å². The van der Waals surface area contributed by atoms with Gasteiger partial charge in [0.15, 0.2) is 5.65 Å². The van der Waals surface area contributed by atoms with Crippen LogP contribution in [-0.2, 0) is 4.74 Å². The molecule has 1 amide bonds. The first-order valence-electron chi connectivity index (χ1n) is 15.6. The summed E-state index contributed by atoms with van der Waals surface area (Å²) in [6, 6.07) is 14.6. The van der Waals surface area contributed by atoms with Crippen LogP contribution >= 0.6 is 0 Å². The predicted octanol–water partition coefficient (Wildman–Crippen LogP) is 4.61. The van der Waals surface area contributed by atoms with E-state index in [9.17, 15) is 4.79 Å². The Bertz CT molecular complexity index is 1830. The molecule has 6 heterocycles. The summed E-state index contributed by atoms with van der Waals surface area (Å²) in [6.45, 7) is 0.734. The molecule has 5 aromatic rings. The number of nitrogens with zero attached hydrogens (tertiary/aromatic N) is 7. The minimum Gasteiger partial charge on any atom is -0.460 e. The van der Waals surface area contributed by atoms with Gasteiger partial charge < -0.3 is 20.1 Å². The van der Waals surface area contributed by atoms with Crippen LogP contribution in [0.5, 0.6) is 6.01 Å². The molecule has 3 N–H and O–H groups in total. The summed E-state index contributed by atoms with van der Waals surface area (Å²) in [5.41, 5.74) is 13.7. The van der Waals surface area contributed by atoms with Crippen LogP contribution in [0.15, 0.2) is 54.9 Å². The maximum Gasteiger partial charge on any atom is 0.336 e. The molecule has 2 atom stereocenters. The van der Waals surface area contributed by atoms with Gasteiger partial charge in [-0.3, -0.25) is 14.9 Å². The lowest BCUT2D eigenvalue weighted by Gasteiger charge is -2.39. The summed E-state index contributed by atoms with van der Waals surface area (Å²) >= 11 is 0. The van der Waals surface area contributed by atoms with Crippen molar-refractivity contribution in [2.24, 2.45) is 0 Å². The van der Waals surface area contributed by atoms with Crippen LogP contribution in [0.3, 0.4) is 0 Å². The highest BCUT2D eigenvalue weighted by molar-refractivity contribution is 5.91. The van der Waals surface area contributed by atoms with E-state index in [-0.39, 0.29) is 35.7 Å². The molecule has 3 fully saturated rings. The quantitative estimate of drug-likeness (QED) is 0.230. The number of aromatic nitrogens is 7. The first-order chi connectivity index (χ1) is 22.1. The van der Waals surface area contributed by atoms with Gasteiger partial charge in [0.05, 0.1) is 24.2 Å². The highest BCUT2D eigenvalue weighted by Gasteiger charge is 2.46. The Hall–Kier alpha value is -4.84. The number of hydrogen-bond acceptors (Lipinski definition) is 9. The van der Waals surface area contributed by atoms with Crippen LogP contribution in [0, 0.1) is 0 Å². The summed E-state index contributed by atoms with van der Waals surface area (Å²) in [5.74, 6) is 1.34. The number of pyridine rings is 1. The SMILES string of the molecule is COCCOc1n[nH]c(C(=O)N2[C@@H]3CC[C@@H]2CC(c2nc4c(-c5ccc(-c6ccccc6)nc5)cnn4c(N)c2C2CC2)C3)n1. The number of methoxy groups -OCH3 is 1. The Morgan fingerprint density at radius 3 is 2.47 bits per heavy atom. The van der Waals surface area contributed by atoms with Crippen molar-refractivity contribution < 1.29 is 14.3 Å². The zero-order valence-electron chi connectivity index (χ0n) is 25.1. The molecule has 0 spiro atoms. The number of nitrogens with two attached hydrogens (primary N) is 1. The van der Waals surface area contributed by atoms with Crippen molar-refractivity contribution in [1.29, 1.82) is 0 Å². The number of ether oxygens (including phenoxy) is 2. The fraction of sp³-hybridized carbons (Fsp3) is 0.394. The number of carbonyl (C=O) groups is 1. The fourth-order valence-corrected chi connectivity index (χ4v) is 7.16. The third-order valence-electron chi connectivity index (χ3n) is 9.42. The van der Waals surface area contributed by atoms with Crippen LogP contribution < -0.4 is 10.5 Å². The number of benzene rings is 1. The van der Waals surface area contributed by atoms with E-state index in [1.54, 1.807) is 11.6 Å². The monoisotopic (exact) mass is 605 g/mol. The van der Waals surface area contributed by atoms with Crippen molar-refractivity contribution in [2.75, 3.05) is 26.1 Å². The van der Waals surface area contributed by atoms with E-state index in [1.807, 2.05) is 41.6 Å². The summed E-state index contributed by atoms with van der Waals surface area (Å²) in [6.07, 6.45) is 9.49. The minimum atomic E-state index is -0.134. The molecule has 0 radical (unpaired) electrons. The van der Waals surface area contributed by atoms with Crippen molar-refractivity contribution in [3.05, 3.63) is 71.9 Å². The van der Waals surface area contributed by atoms with Crippen LogP contribution in [0.25, 0.3) is 28.0 Å². The third-order valence-corrected chi connectivity index (χ3v) is 9.42. The van der Waals surface area contributed by atoms with E-state index < -0.39 is 0 Å². The number of rotatable bonds is 9. The molecule has 1 saturated carbocycles. The zero-order chi connectivity index (χ0) is 30.5. The molecule has 2 aliphatic heterocycles. The molecule has 12 heteroatoms. The van der Waals surface area contributed by atoms with Crippen molar-refractivity contribution in [3.63, 3.8) is 0 Å². The maximum atomic E-state index is 13.6. The number of nitrogens with one attached hydrogen (secondary N) is 1. The minimum absolute atomic E-state index is 0.0922. The third kappa shape index (κ3) is 4.98. The number of piperidine rings is 1. The smallest absolute Gasteiger partial charge is 0.336 e. The van der Waals surface area contributed by atoms with Crippen molar-refractivity contribution in [3.8, 4) is 28.4 Å². The van der Waals surface area contributed by atoms with Crippen LogP contribution in [-0.4, -0.2) is 78.0 Å². The molecule has 2 saturated heterocycles.